The van der Waals surface area contributed by atoms with Crippen molar-refractivity contribution in [1.82, 2.24) is 25.2 Å². The fourth-order valence-corrected chi connectivity index (χ4v) is 1.80. The maximum atomic E-state index is 11.3. The maximum absolute atomic E-state index is 11.3. The second-order valence-corrected chi connectivity index (χ2v) is 4.70. The van der Waals surface area contributed by atoms with Crippen molar-refractivity contribution in [2.24, 2.45) is 0 Å². The molecule has 0 saturated carbocycles. The van der Waals surface area contributed by atoms with E-state index in [4.69, 9.17) is 0 Å². The third-order valence-electron chi connectivity index (χ3n) is 3.14. The van der Waals surface area contributed by atoms with E-state index in [1.54, 1.807) is 4.68 Å². The lowest BCUT2D eigenvalue weighted by atomic mass is 10.2. The van der Waals surface area contributed by atoms with E-state index in [1.807, 2.05) is 20.8 Å². The van der Waals surface area contributed by atoms with Crippen molar-refractivity contribution in [2.45, 2.75) is 39.8 Å². The summed E-state index contributed by atoms with van der Waals surface area (Å²) in [7, 11) is 0. The Kier molecular flexibility index (Phi) is 4.46. The highest BCUT2D eigenvalue weighted by Crippen LogP contribution is 2.20. The number of rotatable bonds is 6. The monoisotopic (exact) mass is 290 g/mol. The van der Waals surface area contributed by atoms with Gasteiger partial charge < -0.3 is 10.4 Å². The molecule has 8 nitrogen and oxygen atoms in total. The van der Waals surface area contributed by atoms with Crippen LogP contribution in [0.3, 0.4) is 0 Å². The molecule has 1 atom stereocenters. The average molecular weight is 290 g/mol. The van der Waals surface area contributed by atoms with Gasteiger partial charge in [-0.25, -0.2) is 14.5 Å². The second-order valence-electron chi connectivity index (χ2n) is 4.70. The molecule has 0 amide bonds. The maximum Gasteiger partial charge on any atom is 0.335 e. The fraction of sp³-hybridized carbons (Fsp3) is 0.462. The van der Waals surface area contributed by atoms with Gasteiger partial charge in [0.25, 0.3) is 0 Å². The number of hydrogen-bond acceptors (Lipinski definition) is 6. The zero-order valence-electron chi connectivity index (χ0n) is 12.2. The number of hydrogen-bond donors (Lipinski definition) is 2. The van der Waals surface area contributed by atoms with E-state index in [-0.39, 0.29) is 11.6 Å². The number of aromatic carboxylic acids is 1. The van der Waals surface area contributed by atoms with Crippen LogP contribution in [0.1, 0.15) is 37.6 Å². The lowest BCUT2D eigenvalue weighted by molar-refractivity contribution is 0.0697. The Balaban J connectivity index is 2.47. The summed E-state index contributed by atoms with van der Waals surface area (Å²) >= 11 is 0. The van der Waals surface area contributed by atoms with Crippen LogP contribution in [0.2, 0.25) is 0 Å². The van der Waals surface area contributed by atoms with Gasteiger partial charge in [0.2, 0.25) is 5.82 Å². The molecule has 2 rings (SSSR count). The third kappa shape index (κ3) is 3.33. The average Bonchev–Trinajstić information content (AvgIpc) is 2.95. The predicted molar refractivity (Wildman–Crippen MR) is 77.1 cm³/mol. The molecule has 0 aliphatic heterocycles. The molecule has 2 aromatic heterocycles. The van der Waals surface area contributed by atoms with Crippen LogP contribution in [-0.2, 0) is 6.54 Å². The number of carboxylic acid groups (broad SMARTS) is 1. The largest absolute Gasteiger partial charge is 0.478 e. The van der Waals surface area contributed by atoms with E-state index in [0.717, 1.165) is 6.42 Å². The minimum Gasteiger partial charge on any atom is -0.478 e. The van der Waals surface area contributed by atoms with Gasteiger partial charge in [0.15, 0.2) is 0 Å². The topological polar surface area (TPSA) is 106 Å². The third-order valence-corrected chi connectivity index (χ3v) is 3.14. The van der Waals surface area contributed by atoms with Gasteiger partial charge in [0.1, 0.15) is 11.5 Å². The Hall–Kier alpha value is -2.51. The van der Waals surface area contributed by atoms with Crippen LogP contribution >= 0.6 is 0 Å². The van der Waals surface area contributed by atoms with Crippen molar-refractivity contribution in [3.63, 3.8) is 0 Å². The van der Waals surface area contributed by atoms with Gasteiger partial charge in [-0.1, -0.05) is 6.92 Å². The predicted octanol–water partition coefficient (Wildman–Crippen LogP) is 1.66. The first-order chi connectivity index (χ1) is 10.0. The summed E-state index contributed by atoms with van der Waals surface area (Å²) in [6.45, 7) is 6.52. The molecule has 0 radical (unpaired) electrons. The van der Waals surface area contributed by atoms with Crippen molar-refractivity contribution in [3.05, 3.63) is 17.7 Å². The summed E-state index contributed by atoms with van der Waals surface area (Å²) in [6, 6.07) is 3.18. The number of anilines is 1. The van der Waals surface area contributed by atoms with Crippen LogP contribution in [-0.4, -0.2) is 42.3 Å². The molecular formula is C13H18N6O2. The Bertz CT molecular complexity index is 639. The SMILES string of the molecule is CCC(C)Nc1cc(C(=O)O)cc(-c2nnnn2CC)n1. The highest BCUT2D eigenvalue weighted by Gasteiger charge is 2.15. The molecule has 2 aromatic rings. The van der Waals surface area contributed by atoms with E-state index in [0.29, 0.717) is 23.9 Å². The summed E-state index contributed by atoms with van der Waals surface area (Å²) in [5.41, 5.74) is 0.587. The van der Waals surface area contributed by atoms with Gasteiger partial charge in [0.05, 0.1) is 5.56 Å². The lowest BCUT2D eigenvalue weighted by Gasteiger charge is -2.13. The van der Waals surface area contributed by atoms with Crippen molar-refractivity contribution >= 4 is 11.8 Å². The van der Waals surface area contributed by atoms with E-state index >= 15 is 0 Å². The molecule has 1 unspecified atom stereocenters. The van der Waals surface area contributed by atoms with Crippen molar-refractivity contribution in [1.29, 1.82) is 0 Å². The first-order valence-electron chi connectivity index (χ1n) is 6.83. The Labute approximate surface area is 122 Å². The van der Waals surface area contributed by atoms with Crippen LogP contribution in [0.4, 0.5) is 5.82 Å². The number of aromatic nitrogens is 5. The van der Waals surface area contributed by atoms with E-state index in [1.165, 1.54) is 12.1 Å². The standard InChI is InChI=1S/C13H18N6O2/c1-4-8(3)14-11-7-9(13(20)21)6-10(15-11)12-16-17-18-19(12)5-2/h6-8H,4-5H2,1-3H3,(H,14,15)(H,20,21). The van der Waals surface area contributed by atoms with Crippen molar-refractivity contribution in [2.75, 3.05) is 5.32 Å². The molecule has 112 valence electrons. The van der Waals surface area contributed by atoms with Gasteiger partial charge in [-0.3, -0.25) is 0 Å². The zero-order chi connectivity index (χ0) is 15.4. The Morgan fingerprint density at radius 1 is 1.43 bits per heavy atom. The molecule has 2 N–H and O–H groups in total. The minimum atomic E-state index is -1.01. The van der Waals surface area contributed by atoms with Crippen LogP contribution < -0.4 is 5.32 Å². The summed E-state index contributed by atoms with van der Waals surface area (Å²) < 4.78 is 1.57. The molecule has 0 fully saturated rings. The highest BCUT2D eigenvalue weighted by atomic mass is 16.4. The smallest absolute Gasteiger partial charge is 0.335 e. The minimum absolute atomic E-state index is 0.149. The first-order valence-corrected chi connectivity index (χ1v) is 6.83. The molecule has 8 heteroatoms. The molecule has 0 aliphatic carbocycles. The van der Waals surface area contributed by atoms with E-state index in [2.05, 4.69) is 25.8 Å². The molecular weight excluding hydrogens is 272 g/mol. The van der Waals surface area contributed by atoms with Crippen LogP contribution in [0, 0.1) is 0 Å². The van der Waals surface area contributed by atoms with Gasteiger partial charge >= 0.3 is 5.97 Å². The zero-order valence-corrected chi connectivity index (χ0v) is 12.2. The summed E-state index contributed by atoms with van der Waals surface area (Å²) in [5, 5.41) is 23.8. The fourth-order valence-electron chi connectivity index (χ4n) is 1.80. The van der Waals surface area contributed by atoms with E-state index in [9.17, 15) is 9.90 Å². The molecule has 2 heterocycles. The van der Waals surface area contributed by atoms with Gasteiger partial charge in [-0.15, -0.1) is 5.10 Å². The number of carboxylic acids is 1. The number of aryl methyl sites for hydroxylation is 1. The summed E-state index contributed by atoms with van der Waals surface area (Å²) in [6.07, 6.45) is 0.904. The molecule has 0 bridgehead atoms. The molecule has 21 heavy (non-hydrogen) atoms. The molecule has 0 spiro atoms. The number of carbonyl (C=O) groups is 1. The van der Waals surface area contributed by atoms with Gasteiger partial charge in [0, 0.05) is 12.6 Å². The van der Waals surface area contributed by atoms with E-state index < -0.39 is 5.97 Å². The Morgan fingerprint density at radius 2 is 2.19 bits per heavy atom. The molecule has 0 aromatic carbocycles. The molecule has 0 saturated heterocycles. The lowest BCUT2D eigenvalue weighted by Crippen LogP contribution is -2.15. The van der Waals surface area contributed by atoms with Crippen LogP contribution in [0.15, 0.2) is 12.1 Å². The van der Waals surface area contributed by atoms with Gasteiger partial charge in [-0.05, 0) is 42.8 Å². The van der Waals surface area contributed by atoms with Gasteiger partial charge in [-0.2, -0.15) is 0 Å². The Morgan fingerprint density at radius 3 is 2.81 bits per heavy atom. The first kappa shape index (κ1) is 14.9. The van der Waals surface area contributed by atoms with Crippen molar-refractivity contribution < 1.29 is 9.90 Å². The molecule has 0 aliphatic rings. The normalized spacial score (nSPS) is 12.1. The quantitative estimate of drug-likeness (QED) is 0.833. The van der Waals surface area contributed by atoms with Crippen molar-refractivity contribution in [3.8, 4) is 11.5 Å². The number of nitrogens with one attached hydrogen (secondary N) is 1. The summed E-state index contributed by atoms with van der Waals surface area (Å²) in [5.74, 6) is -0.0564. The number of nitrogens with zero attached hydrogens (tertiary/aromatic N) is 5. The number of tetrazole rings is 1. The summed E-state index contributed by atoms with van der Waals surface area (Å²) in [4.78, 5) is 15.7. The van der Waals surface area contributed by atoms with Crippen LogP contribution in [0.25, 0.3) is 11.5 Å². The second kappa shape index (κ2) is 6.29. The number of pyridine rings is 1. The highest BCUT2D eigenvalue weighted by molar-refractivity contribution is 5.89. The van der Waals surface area contributed by atoms with Crippen LogP contribution in [0.5, 0.6) is 0 Å².